The first-order chi connectivity index (χ1) is 20.0. The minimum Gasteiger partial charge on any atom is -0.492 e. The van der Waals surface area contributed by atoms with E-state index in [1.54, 1.807) is 0 Å². The number of ether oxygens (including phenoxy) is 2. The Labute approximate surface area is 237 Å². The van der Waals surface area contributed by atoms with Crippen molar-refractivity contribution in [3.05, 3.63) is 108 Å². The molecule has 0 saturated heterocycles. The Morgan fingerprint density at radius 2 is 1.66 bits per heavy atom. The van der Waals surface area contributed by atoms with Crippen LogP contribution in [0.2, 0.25) is 0 Å². The Morgan fingerprint density at radius 3 is 2.44 bits per heavy atom. The van der Waals surface area contributed by atoms with Gasteiger partial charge in [-0.15, -0.1) is 0 Å². The number of nitrogens with zero attached hydrogens (tertiary/aromatic N) is 2. The van der Waals surface area contributed by atoms with Crippen LogP contribution in [0.1, 0.15) is 21.5 Å². The minimum atomic E-state index is -0.681. The van der Waals surface area contributed by atoms with Gasteiger partial charge in [-0.2, -0.15) is 4.98 Å². The number of hydrogen-bond donors (Lipinski definition) is 1. The van der Waals surface area contributed by atoms with E-state index in [1.807, 2.05) is 103 Å². The SMILES string of the molecule is COC(=O)C(Cc1ccc(OCCN(C)c2nc3ccccc3o2)cc1)Nc1cccc2c1C(=O)c1ccccc1-2. The van der Waals surface area contributed by atoms with Crippen LogP contribution in [0.5, 0.6) is 5.75 Å². The molecule has 8 heteroatoms. The first-order valence-electron chi connectivity index (χ1n) is 13.4. The third kappa shape index (κ3) is 5.24. The summed E-state index contributed by atoms with van der Waals surface area (Å²) in [4.78, 5) is 32.4. The lowest BCUT2D eigenvalue weighted by Crippen LogP contribution is -2.33. The van der Waals surface area contributed by atoms with Gasteiger partial charge >= 0.3 is 5.97 Å². The van der Waals surface area contributed by atoms with E-state index in [9.17, 15) is 9.59 Å². The van der Waals surface area contributed by atoms with Crippen LogP contribution in [0, 0.1) is 0 Å². The molecule has 4 aromatic carbocycles. The molecule has 8 nitrogen and oxygen atoms in total. The zero-order chi connectivity index (χ0) is 28.3. The fraction of sp³-hybridized carbons (Fsp3) is 0.182. The van der Waals surface area contributed by atoms with Gasteiger partial charge in [-0.3, -0.25) is 4.79 Å². The molecule has 6 rings (SSSR count). The van der Waals surface area contributed by atoms with Crippen LogP contribution in [0.25, 0.3) is 22.2 Å². The summed E-state index contributed by atoms with van der Waals surface area (Å²) in [5, 5.41) is 3.28. The fourth-order valence-electron chi connectivity index (χ4n) is 5.09. The van der Waals surface area contributed by atoms with Crippen molar-refractivity contribution in [2.75, 3.05) is 37.5 Å². The average Bonchev–Trinajstić information content (AvgIpc) is 3.57. The number of likely N-dealkylation sites (N-methyl/N-ethyl adjacent to an activating group) is 1. The number of nitrogens with one attached hydrogen (secondary N) is 1. The summed E-state index contributed by atoms with van der Waals surface area (Å²) < 4.78 is 16.8. The standard InChI is InChI=1S/C33H29N3O5/c1-36(33-35-26-11-5-6-13-29(26)41-33)18-19-40-22-16-14-21(15-17-22)20-28(32(38)39-2)34-27-12-7-10-24-23-8-3-4-9-25(23)31(37)30(24)27/h3-17,28,34H,18-20H2,1-2H3. The number of fused-ring (bicyclic) bond motifs is 4. The Morgan fingerprint density at radius 1 is 0.927 bits per heavy atom. The summed E-state index contributed by atoms with van der Waals surface area (Å²) in [5.74, 6) is 0.255. The molecule has 0 amide bonds. The highest BCUT2D eigenvalue weighted by atomic mass is 16.5. The molecule has 5 aromatic rings. The van der Waals surface area contributed by atoms with Crippen LogP contribution in [0.4, 0.5) is 11.7 Å². The Bertz CT molecular complexity index is 1690. The van der Waals surface area contributed by atoms with Gasteiger partial charge in [0.05, 0.1) is 19.2 Å². The highest BCUT2D eigenvalue weighted by Gasteiger charge is 2.30. The van der Waals surface area contributed by atoms with Gasteiger partial charge in [0.2, 0.25) is 0 Å². The quantitative estimate of drug-likeness (QED) is 0.217. The number of esters is 1. The maximum atomic E-state index is 13.2. The van der Waals surface area contributed by atoms with Crippen LogP contribution in [0.3, 0.4) is 0 Å². The van der Waals surface area contributed by atoms with Crippen molar-refractivity contribution in [2.24, 2.45) is 0 Å². The zero-order valence-electron chi connectivity index (χ0n) is 22.8. The number of hydrogen-bond acceptors (Lipinski definition) is 8. The van der Waals surface area contributed by atoms with E-state index in [1.165, 1.54) is 7.11 Å². The first kappa shape index (κ1) is 26.1. The number of carbonyl (C=O) groups is 2. The predicted octanol–water partition coefficient (Wildman–Crippen LogP) is 5.75. The van der Waals surface area contributed by atoms with Crippen molar-refractivity contribution in [2.45, 2.75) is 12.5 Å². The molecule has 0 fully saturated rings. The lowest BCUT2D eigenvalue weighted by atomic mass is 10.0. The average molecular weight is 548 g/mol. The van der Waals surface area contributed by atoms with Gasteiger partial charge in [-0.25, -0.2) is 4.79 Å². The van der Waals surface area contributed by atoms with Crippen LogP contribution < -0.4 is 15.0 Å². The van der Waals surface area contributed by atoms with Gasteiger partial charge in [-0.1, -0.05) is 60.7 Å². The van der Waals surface area contributed by atoms with Crippen molar-refractivity contribution in [1.29, 1.82) is 0 Å². The maximum Gasteiger partial charge on any atom is 0.328 e. The van der Waals surface area contributed by atoms with E-state index in [-0.39, 0.29) is 5.78 Å². The molecule has 1 atom stereocenters. The highest BCUT2D eigenvalue weighted by Crippen LogP contribution is 2.40. The number of ketones is 1. The third-order valence-electron chi connectivity index (χ3n) is 7.24. The number of benzene rings is 4. The van der Waals surface area contributed by atoms with Gasteiger partial charge in [0.25, 0.3) is 6.01 Å². The minimum absolute atomic E-state index is 0.0504. The number of anilines is 2. The first-order valence-corrected chi connectivity index (χ1v) is 13.4. The monoisotopic (exact) mass is 547 g/mol. The molecule has 1 aliphatic carbocycles. The van der Waals surface area contributed by atoms with Crippen molar-refractivity contribution >= 4 is 34.6 Å². The van der Waals surface area contributed by atoms with E-state index in [2.05, 4.69) is 10.3 Å². The van der Waals surface area contributed by atoms with Gasteiger partial charge in [0, 0.05) is 24.7 Å². The molecule has 0 aliphatic heterocycles. The number of carbonyl (C=O) groups excluding carboxylic acids is 2. The molecule has 206 valence electrons. The third-order valence-corrected chi connectivity index (χ3v) is 7.24. The largest absolute Gasteiger partial charge is 0.492 e. The molecule has 0 radical (unpaired) electrons. The van der Waals surface area contributed by atoms with Gasteiger partial charge in [-0.05, 0) is 47.0 Å². The smallest absolute Gasteiger partial charge is 0.328 e. The molecule has 0 spiro atoms. The van der Waals surface area contributed by atoms with Crippen LogP contribution >= 0.6 is 0 Å². The van der Waals surface area contributed by atoms with Gasteiger partial charge in [0.1, 0.15) is 23.9 Å². The number of methoxy groups -OCH3 is 1. The molecular weight excluding hydrogens is 518 g/mol. The number of rotatable bonds is 10. The van der Waals surface area contributed by atoms with Crippen molar-refractivity contribution in [1.82, 2.24) is 4.98 Å². The molecule has 0 saturated carbocycles. The summed E-state index contributed by atoms with van der Waals surface area (Å²) in [6, 6.07) is 28.3. The summed E-state index contributed by atoms with van der Waals surface area (Å²) in [6.45, 7) is 1.03. The molecule has 1 aromatic heterocycles. The number of para-hydroxylation sites is 2. The normalized spacial score (nSPS) is 12.5. The van der Waals surface area contributed by atoms with E-state index in [0.29, 0.717) is 48.2 Å². The summed E-state index contributed by atoms with van der Waals surface area (Å²) in [7, 11) is 3.27. The number of aromatic nitrogens is 1. The molecule has 41 heavy (non-hydrogen) atoms. The topological polar surface area (TPSA) is 93.9 Å². The fourth-order valence-corrected chi connectivity index (χ4v) is 5.09. The summed E-state index contributed by atoms with van der Waals surface area (Å²) >= 11 is 0. The van der Waals surface area contributed by atoms with E-state index in [4.69, 9.17) is 13.9 Å². The second-order valence-electron chi connectivity index (χ2n) is 9.91. The second kappa shape index (κ2) is 11.2. The van der Waals surface area contributed by atoms with Crippen LogP contribution in [-0.4, -0.2) is 50.1 Å². The Kier molecular flexibility index (Phi) is 7.12. The molecule has 1 N–H and O–H groups in total. The second-order valence-corrected chi connectivity index (χ2v) is 9.91. The van der Waals surface area contributed by atoms with E-state index >= 15 is 0 Å². The van der Waals surface area contributed by atoms with Crippen molar-refractivity contribution in [3.63, 3.8) is 0 Å². The van der Waals surface area contributed by atoms with Crippen molar-refractivity contribution in [3.8, 4) is 16.9 Å². The molecule has 1 unspecified atom stereocenters. The summed E-state index contributed by atoms with van der Waals surface area (Å²) in [5.41, 5.74) is 6.12. The Balaban J connectivity index is 1.10. The van der Waals surface area contributed by atoms with Crippen LogP contribution in [-0.2, 0) is 16.0 Å². The predicted molar refractivity (Wildman–Crippen MR) is 158 cm³/mol. The molecule has 1 heterocycles. The highest BCUT2D eigenvalue weighted by molar-refractivity contribution is 6.24. The lowest BCUT2D eigenvalue weighted by Gasteiger charge is -2.20. The maximum absolute atomic E-state index is 13.2. The van der Waals surface area contributed by atoms with Gasteiger partial charge < -0.3 is 24.1 Å². The summed E-state index contributed by atoms with van der Waals surface area (Å²) in [6.07, 6.45) is 0.373. The lowest BCUT2D eigenvalue weighted by molar-refractivity contribution is -0.141. The Hall–Kier alpha value is -5.11. The van der Waals surface area contributed by atoms with Crippen LogP contribution in [0.15, 0.2) is 95.4 Å². The van der Waals surface area contributed by atoms with Crippen molar-refractivity contribution < 1.29 is 23.5 Å². The zero-order valence-corrected chi connectivity index (χ0v) is 22.8. The molecule has 0 bridgehead atoms. The van der Waals surface area contributed by atoms with Gasteiger partial charge in [0.15, 0.2) is 11.4 Å². The molecule has 1 aliphatic rings. The van der Waals surface area contributed by atoms with E-state index in [0.717, 1.165) is 27.8 Å². The van der Waals surface area contributed by atoms with E-state index < -0.39 is 12.0 Å². The number of oxazole rings is 1. The molecular formula is C33H29N3O5.